The summed E-state index contributed by atoms with van der Waals surface area (Å²) in [6.07, 6.45) is 0. The highest BCUT2D eigenvalue weighted by atomic mass is 16.5. The Morgan fingerprint density at radius 2 is 1.89 bits per heavy atom. The molecule has 0 atom stereocenters. The van der Waals surface area contributed by atoms with Gasteiger partial charge >= 0.3 is 0 Å². The van der Waals surface area contributed by atoms with E-state index in [0.29, 0.717) is 41.4 Å². The standard InChI is InChI=1S/C21H21NO6/c1-14-21(28-15-6-4-3-5-7-15)20(24)17-9-8-16(12-18(17)27-14)26-13-19(23)22-10-11-25-2/h3-9,12H,10-11,13H2,1-2H3,(H,22,23). The topological polar surface area (TPSA) is 87.0 Å². The molecule has 2 aromatic carbocycles. The zero-order valence-electron chi connectivity index (χ0n) is 15.7. The first-order chi connectivity index (χ1) is 13.6. The molecular weight excluding hydrogens is 362 g/mol. The van der Waals surface area contributed by atoms with Crippen molar-refractivity contribution in [2.24, 2.45) is 0 Å². The Morgan fingerprint density at radius 1 is 1.11 bits per heavy atom. The smallest absolute Gasteiger partial charge is 0.258 e. The first-order valence-electron chi connectivity index (χ1n) is 8.77. The third-order valence-corrected chi connectivity index (χ3v) is 3.95. The Kier molecular flexibility index (Phi) is 6.29. The fraction of sp³-hybridized carbons (Fsp3) is 0.238. The van der Waals surface area contributed by atoms with Crippen LogP contribution in [-0.4, -0.2) is 32.8 Å². The first kappa shape index (κ1) is 19.4. The lowest BCUT2D eigenvalue weighted by molar-refractivity contribution is -0.123. The van der Waals surface area contributed by atoms with E-state index >= 15 is 0 Å². The van der Waals surface area contributed by atoms with E-state index in [1.54, 1.807) is 44.4 Å². The van der Waals surface area contributed by atoms with Crippen LogP contribution in [0.3, 0.4) is 0 Å². The lowest BCUT2D eigenvalue weighted by Crippen LogP contribution is -2.31. The SMILES string of the molecule is COCCNC(=O)COc1ccc2c(=O)c(Oc3ccccc3)c(C)oc2c1. The molecule has 3 aromatic rings. The molecule has 3 rings (SSSR count). The number of carbonyl (C=O) groups is 1. The lowest BCUT2D eigenvalue weighted by atomic mass is 10.2. The van der Waals surface area contributed by atoms with Crippen molar-refractivity contribution in [1.29, 1.82) is 0 Å². The predicted molar refractivity (Wildman–Crippen MR) is 104 cm³/mol. The third-order valence-electron chi connectivity index (χ3n) is 3.95. The fourth-order valence-electron chi connectivity index (χ4n) is 2.57. The summed E-state index contributed by atoms with van der Waals surface area (Å²) >= 11 is 0. The van der Waals surface area contributed by atoms with Crippen molar-refractivity contribution in [1.82, 2.24) is 5.32 Å². The Morgan fingerprint density at radius 3 is 2.64 bits per heavy atom. The van der Waals surface area contributed by atoms with Crippen LogP contribution >= 0.6 is 0 Å². The summed E-state index contributed by atoms with van der Waals surface area (Å²) in [4.78, 5) is 24.5. The number of carbonyl (C=O) groups excluding carboxylic acids is 1. The molecule has 1 heterocycles. The number of para-hydroxylation sites is 1. The number of hydrogen-bond acceptors (Lipinski definition) is 6. The van der Waals surface area contributed by atoms with Crippen molar-refractivity contribution in [3.63, 3.8) is 0 Å². The molecule has 0 spiro atoms. The van der Waals surface area contributed by atoms with Crippen LogP contribution in [0.1, 0.15) is 5.76 Å². The second-order valence-corrected chi connectivity index (χ2v) is 6.02. The molecular formula is C21H21NO6. The highest BCUT2D eigenvalue weighted by Crippen LogP contribution is 2.27. The van der Waals surface area contributed by atoms with Crippen LogP contribution in [0, 0.1) is 6.92 Å². The monoisotopic (exact) mass is 383 g/mol. The zero-order valence-corrected chi connectivity index (χ0v) is 15.7. The van der Waals surface area contributed by atoms with E-state index in [0.717, 1.165) is 0 Å². The first-order valence-corrected chi connectivity index (χ1v) is 8.77. The third kappa shape index (κ3) is 4.69. The van der Waals surface area contributed by atoms with Crippen molar-refractivity contribution in [3.8, 4) is 17.2 Å². The van der Waals surface area contributed by atoms with Gasteiger partial charge in [0, 0.05) is 19.7 Å². The number of fused-ring (bicyclic) bond motifs is 1. The molecule has 7 heteroatoms. The summed E-state index contributed by atoms with van der Waals surface area (Å²) in [6, 6.07) is 13.8. The van der Waals surface area contributed by atoms with Crippen molar-refractivity contribution in [2.75, 3.05) is 26.9 Å². The normalized spacial score (nSPS) is 10.6. The molecule has 1 aromatic heterocycles. The Hall–Kier alpha value is -3.32. The van der Waals surface area contributed by atoms with Gasteiger partial charge in [0.25, 0.3) is 5.91 Å². The number of rotatable bonds is 8. The largest absolute Gasteiger partial charge is 0.484 e. The molecule has 1 amide bonds. The van der Waals surface area contributed by atoms with Gasteiger partial charge in [-0.1, -0.05) is 18.2 Å². The van der Waals surface area contributed by atoms with Crippen LogP contribution < -0.4 is 20.2 Å². The minimum atomic E-state index is -0.272. The molecule has 0 aliphatic rings. The number of aryl methyl sites for hydroxylation is 1. The van der Waals surface area contributed by atoms with E-state index < -0.39 is 0 Å². The van der Waals surface area contributed by atoms with Gasteiger partial charge in [-0.25, -0.2) is 0 Å². The second kappa shape index (κ2) is 9.05. The van der Waals surface area contributed by atoms with Crippen LogP contribution in [0.15, 0.2) is 57.7 Å². The van der Waals surface area contributed by atoms with Crippen molar-refractivity contribution in [2.45, 2.75) is 6.92 Å². The lowest BCUT2D eigenvalue weighted by Gasteiger charge is -2.10. The molecule has 28 heavy (non-hydrogen) atoms. The molecule has 0 aliphatic carbocycles. The number of ether oxygens (including phenoxy) is 3. The van der Waals surface area contributed by atoms with Crippen LogP contribution in [-0.2, 0) is 9.53 Å². The van der Waals surface area contributed by atoms with Crippen LogP contribution in [0.5, 0.6) is 17.2 Å². The van der Waals surface area contributed by atoms with Gasteiger partial charge in [-0.2, -0.15) is 0 Å². The van der Waals surface area contributed by atoms with Crippen LogP contribution in [0.2, 0.25) is 0 Å². The summed E-state index contributed by atoms with van der Waals surface area (Å²) in [5.41, 5.74) is 0.0895. The van der Waals surface area contributed by atoms with Gasteiger partial charge in [-0.15, -0.1) is 0 Å². The van der Waals surface area contributed by atoms with Gasteiger partial charge in [0.05, 0.1) is 12.0 Å². The Balaban J connectivity index is 1.77. The van der Waals surface area contributed by atoms with Crippen LogP contribution in [0.4, 0.5) is 0 Å². The van der Waals surface area contributed by atoms with E-state index in [4.69, 9.17) is 18.6 Å². The minimum absolute atomic E-state index is 0.143. The van der Waals surface area contributed by atoms with Crippen molar-refractivity contribution >= 4 is 16.9 Å². The number of hydrogen-bond donors (Lipinski definition) is 1. The van der Waals surface area contributed by atoms with Gasteiger partial charge < -0.3 is 23.9 Å². The van der Waals surface area contributed by atoms with E-state index in [2.05, 4.69) is 5.32 Å². The minimum Gasteiger partial charge on any atom is -0.484 e. The zero-order chi connectivity index (χ0) is 19.9. The molecule has 0 fully saturated rings. The predicted octanol–water partition coefficient (Wildman–Crippen LogP) is 3.04. The molecule has 0 aliphatic heterocycles. The molecule has 0 saturated carbocycles. The Labute approximate surface area is 161 Å². The molecule has 7 nitrogen and oxygen atoms in total. The maximum absolute atomic E-state index is 12.8. The molecule has 0 radical (unpaired) electrons. The average molecular weight is 383 g/mol. The molecule has 0 saturated heterocycles. The van der Waals surface area contributed by atoms with Gasteiger partial charge in [0.2, 0.25) is 11.2 Å². The number of nitrogens with one attached hydrogen (secondary N) is 1. The summed E-state index contributed by atoms with van der Waals surface area (Å²) < 4.78 is 21.8. The molecule has 0 bridgehead atoms. The number of amides is 1. The second-order valence-electron chi connectivity index (χ2n) is 6.02. The van der Waals surface area contributed by atoms with E-state index in [1.165, 1.54) is 0 Å². The van der Waals surface area contributed by atoms with Crippen LogP contribution in [0.25, 0.3) is 11.0 Å². The fourth-order valence-corrected chi connectivity index (χ4v) is 2.57. The van der Waals surface area contributed by atoms with Gasteiger partial charge in [-0.3, -0.25) is 9.59 Å². The summed E-state index contributed by atoms with van der Waals surface area (Å²) in [7, 11) is 1.56. The van der Waals surface area contributed by atoms with Gasteiger partial charge in [0.1, 0.15) is 22.8 Å². The number of benzene rings is 2. The van der Waals surface area contributed by atoms with Gasteiger partial charge in [-0.05, 0) is 31.2 Å². The number of methoxy groups -OCH3 is 1. The van der Waals surface area contributed by atoms with Crippen molar-refractivity contribution in [3.05, 3.63) is 64.5 Å². The maximum atomic E-state index is 12.8. The highest BCUT2D eigenvalue weighted by molar-refractivity contribution is 5.80. The van der Waals surface area contributed by atoms with E-state index in [9.17, 15) is 9.59 Å². The molecule has 1 N–H and O–H groups in total. The quantitative estimate of drug-likeness (QED) is 0.602. The van der Waals surface area contributed by atoms with E-state index in [-0.39, 0.29) is 23.7 Å². The summed E-state index contributed by atoms with van der Waals surface area (Å²) in [5, 5.41) is 3.03. The molecule has 146 valence electrons. The summed E-state index contributed by atoms with van der Waals surface area (Å²) in [6.45, 7) is 2.36. The van der Waals surface area contributed by atoms with E-state index in [1.807, 2.05) is 18.2 Å². The average Bonchev–Trinajstić information content (AvgIpc) is 2.70. The highest BCUT2D eigenvalue weighted by Gasteiger charge is 2.14. The molecule has 0 unspecified atom stereocenters. The van der Waals surface area contributed by atoms with Crippen molar-refractivity contribution < 1.29 is 23.4 Å². The Bertz CT molecular complexity index is 1010. The van der Waals surface area contributed by atoms with Gasteiger partial charge in [0.15, 0.2) is 6.61 Å². The maximum Gasteiger partial charge on any atom is 0.258 e. The summed E-state index contributed by atoms with van der Waals surface area (Å²) in [5.74, 6) is 1.22.